The first-order chi connectivity index (χ1) is 7.77. The lowest BCUT2D eigenvalue weighted by atomic mass is 10.2. The van der Waals surface area contributed by atoms with Gasteiger partial charge in [-0.3, -0.25) is 0 Å². The topological polar surface area (TPSA) is 43.4 Å². The van der Waals surface area contributed by atoms with Gasteiger partial charge in [-0.2, -0.15) is 21.4 Å². The lowest BCUT2D eigenvalue weighted by Crippen LogP contribution is -2.24. The summed E-state index contributed by atoms with van der Waals surface area (Å²) >= 11 is 0. The number of hydrogen-bond donors (Lipinski definition) is 0. The summed E-state index contributed by atoms with van der Waals surface area (Å²) in [5.74, 6) is 0. The first-order valence-electron chi connectivity index (χ1n) is 4.78. The molecular formula is C11H12F2O3S. The van der Waals surface area contributed by atoms with Crippen molar-refractivity contribution < 1.29 is 21.4 Å². The lowest BCUT2D eigenvalue weighted by molar-refractivity contribution is -0.168. The van der Waals surface area contributed by atoms with E-state index in [1.165, 1.54) is 24.3 Å². The zero-order valence-electron chi connectivity index (χ0n) is 9.19. The Balaban J connectivity index is 2.96. The molecule has 0 saturated carbocycles. The highest BCUT2D eigenvalue weighted by molar-refractivity contribution is 7.86. The Kier molecular flexibility index (Phi) is 4.00. The molecule has 0 aliphatic rings. The second kappa shape index (κ2) is 4.93. The maximum Gasteiger partial charge on any atom is 0.372 e. The van der Waals surface area contributed by atoms with E-state index in [4.69, 9.17) is 0 Å². The lowest BCUT2D eigenvalue weighted by Gasteiger charge is -2.14. The van der Waals surface area contributed by atoms with Crippen LogP contribution in [-0.2, 0) is 14.3 Å². The maximum absolute atomic E-state index is 13.0. The summed E-state index contributed by atoms with van der Waals surface area (Å²) in [4.78, 5) is -0.299. The van der Waals surface area contributed by atoms with Gasteiger partial charge in [0.1, 0.15) is 0 Å². The molecule has 6 heteroatoms. The summed E-state index contributed by atoms with van der Waals surface area (Å²) in [6.45, 7) is 4.86. The summed E-state index contributed by atoms with van der Waals surface area (Å²) in [5.41, 5.74) is 0.821. The van der Waals surface area contributed by atoms with Gasteiger partial charge in [0.15, 0.2) is 0 Å². The smallest absolute Gasteiger partial charge is 0.196 e. The predicted octanol–water partition coefficient (Wildman–Crippen LogP) is 2.87. The van der Waals surface area contributed by atoms with Crippen molar-refractivity contribution in [3.63, 3.8) is 0 Å². The molecule has 0 atom stereocenters. The van der Waals surface area contributed by atoms with Gasteiger partial charge in [0.05, 0.1) is 11.3 Å². The SMILES string of the molecule is C=CCC(F)(F)OS(=O)(=O)c1ccc(C)cc1. The van der Waals surface area contributed by atoms with Crippen LogP contribution in [0.4, 0.5) is 8.78 Å². The van der Waals surface area contributed by atoms with E-state index in [-0.39, 0.29) is 4.90 Å². The van der Waals surface area contributed by atoms with Crippen molar-refractivity contribution in [1.82, 2.24) is 0 Å². The number of rotatable bonds is 5. The van der Waals surface area contributed by atoms with Gasteiger partial charge >= 0.3 is 16.2 Å². The van der Waals surface area contributed by atoms with Gasteiger partial charge in [0, 0.05) is 0 Å². The Labute approximate surface area is 98.8 Å². The van der Waals surface area contributed by atoms with E-state index in [9.17, 15) is 17.2 Å². The highest BCUT2D eigenvalue weighted by atomic mass is 32.2. The molecule has 1 aromatic carbocycles. The van der Waals surface area contributed by atoms with Crippen molar-refractivity contribution in [3.05, 3.63) is 42.5 Å². The summed E-state index contributed by atoms with van der Waals surface area (Å²) in [6.07, 6.45) is -3.74. The van der Waals surface area contributed by atoms with Gasteiger partial charge in [-0.05, 0) is 19.1 Å². The normalized spacial score (nSPS) is 12.4. The Morgan fingerprint density at radius 1 is 1.35 bits per heavy atom. The number of benzene rings is 1. The molecule has 17 heavy (non-hydrogen) atoms. The molecule has 0 aliphatic heterocycles. The minimum Gasteiger partial charge on any atom is -0.196 e. The predicted molar refractivity (Wildman–Crippen MR) is 59.2 cm³/mol. The quantitative estimate of drug-likeness (QED) is 0.605. The number of alkyl halides is 2. The van der Waals surface area contributed by atoms with E-state index >= 15 is 0 Å². The van der Waals surface area contributed by atoms with Crippen LogP contribution in [0.1, 0.15) is 12.0 Å². The molecule has 1 rings (SSSR count). The van der Waals surface area contributed by atoms with Gasteiger partial charge in [-0.1, -0.05) is 23.8 Å². The molecule has 0 aliphatic carbocycles. The fourth-order valence-electron chi connectivity index (χ4n) is 1.12. The Morgan fingerprint density at radius 3 is 2.35 bits per heavy atom. The summed E-state index contributed by atoms with van der Waals surface area (Å²) in [6, 6.07) is 5.44. The molecule has 94 valence electrons. The number of halogens is 2. The average molecular weight is 262 g/mol. The van der Waals surface area contributed by atoms with E-state index < -0.39 is 22.6 Å². The van der Waals surface area contributed by atoms with Crippen LogP contribution in [0.2, 0.25) is 0 Å². The first-order valence-corrected chi connectivity index (χ1v) is 6.19. The molecule has 0 bridgehead atoms. The van der Waals surface area contributed by atoms with Crippen LogP contribution in [0.5, 0.6) is 0 Å². The molecule has 0 saturated heterocycles. The average Bonchev–Trinajstić information content (AvgIpc) is 2.16. The second-order valence-electron chi connectivity index (χ2n) is 3.48. The molecule has 0 aromatic heterocycles. The third-order valence-electron chi connectivity index (χ3n) is 1.92. The van der Waals surface area contributed by atoms with Crippen LogP contribution in [0.25, 0.3) is 0 Å². The van der Waals surface area contributed by atoms with E-state index in [0.717, 1.165) is 11.6 Å². The van der Waals surface area contributed by atoms with Gasteiger partial charge in [0.25, 0.3) is 0 Å². The van der Waals surface area contributed by atoms with Crippen molar-refractivity contribution in [3.8, 4) is 0 Å². The molecule has 1 aromatic rings. The molecule has 0 amide bonds. The highest BCUT2D eigenvalue weighted by Crippen LogP contribution is 2.26. The van der Waals surface area contributed by atoms with E-state index in [1.54, 1.807) is 6.92 Å². The Bertz CT molecular complexity index is 492. The Hall–Kier alpha value is -1.27. The zero-order valence-corrected chi connectivity index (χ0v) is 10.0. The number of hydrogen-bond acceptors (Lipinski definition) is 3. The molecule has 0 fully saturated rings. The molecule has 3 nitrogen and oxygen atoms in total. The third kappa shape index (κ3) is 3.90. The molecule has 0 heterocycles. The van der Waals surface area contributed by atoms with Crippen molar-refractivity contribution in [2.45, 2.75) is 24.3 Å². The standard InChI is InChI=1S/C11H12F2O3S/c1-3-8-11(12,13)16-17(14,15)10-6-4-9(2)5-7-10/h3-7H,1,8H2,2H3. The van der Waals surface area contributed by atoms with Crippen LogP contribution < -0.4 is 0 Å². The molecule has 0 radical (unpaired) electrons. The summed E-state index contributed by atoms with van der Waals surface area (Å²) < 4.78 is 52.9. The van der Waals surface area contributed by atoms with E-state index in [2.05, 4.69) is 10.8 Å². The first kappa shape index (κ1) is 13.8. The van der Waals surface area contributed by atoms with E-state index in [1.807, 2.05) is 0 Å². The zero-order chi connectivity index (χ0) is 13.1. The monoisotopic (exact) mass is 262 g/mol. The van der Waals surface area contributed by atoms with Gasteiger partial charge in [-0.25, -0.2) is 0 Å². The number of aryl methyl sites for hydroxylation is 1. The third-order valence-corrected chi connectivity index (χ3v) is 3.24. The fourth-order valence-corrected chi connectivity index (χ4v) is 2.07. The molecule has 0 spiro atoms. The maximum atomic E-state index is 13.0. The molecule has 0 unspecified atom stereocenters. The van der Waals surface area contributed by atoms with Gasteiger partial charge in [0.2, 0.25) is 0 Å². The van der Waals surface area contributed by atoms with Crippen molar-refractivity contribution in [1.29, 1.82) is 0 Å². The van der Waals surface area contributed by atoms with Crippen LogP contribution in [0.3, 0.4) is 0 Å². The molecular weight excluding hydrogens is 250 g/mol. The van der Waals surface area contributed by atoms with Crippen molar-refractivity contribution in [2.24, 2.45) is 0 Å². The van der Waals surface area contributed by atoms with Gasteiger partial charge < -0.3 is 0 Å². The van der Waals surface area contributed by atoms with Crippen LogP contribution >= 0.6 is 0 Å². The largest absolute Gasteiger partial charge is 0.372 e. The second-order valence-corrected chi connectivity index (χ2v) is 5.03. The summed E-state index contributed by atoms with van der Waals surface area (Å²) in [7, 11) is -4.45. The fraction of sp³-hybridized carbons (Fsp3) is 0.273. The van der Waals surface area contributed by atoms with E-state index in [0.29, 0.717) is 0 Å². The van der Waals surface area contributed by atoms with Crippen LogP contribution in [0.15, 0.2) is 41.8 Å². The van der Waals surface area contributed by atoms with Crippen molar-refractivity contribution in [2.75, 3.05) is 0 Å². The van der Waals surface area contributed by atoms with Crippen molar-refractivity contribution >= 4 is 10.1 Å². The molecule has 0 N–H and O–H groups in total. The highest BCUT2D eigenvalue weighted by Gasteiger charge is 2.35. The van der Waals surface area contributed by atoms with Crippen LogP contribution in [0, 0.1) is 6.92 Å². The minimum absolute atomic E-state index is 0.299. The van der Waals surface area contributed by atoms with Gasteiger partial charge in [-0.15, -0.1) is 6.58 Å². The minimum atomic E-state index is -4.45. The summed E-state index contributed by atoms with van der Waals surface area (Å²) in [5, 5.41) is 0. The Morgan fingerprint density at radius 2 is 1.88 bits per heavy atom. The van der Waals surface area contributed by atoms with Crippen LogP contribution in [-0.4, -0.2) is 14.5 Å².